The Labute approximate surface area is 183 Å². The molecule has 0 spiro atoms. The maximum absolute atomic E-state index is 13.0. The third kappa shape index (κ3) is 4.48. The van der Waals surface area contributed by atoms with Gasteiger partial charge in [-0.25, -0.2) is 4.79 Å². The first-order valence-corrected chi connectivity index (χ1v) is 10.8. The molecular weight excluding hydrogens is 416 g/mol. The zero-order valence-corrected chi connectivity index (χ0v) is 19.1. The summed E-state index contributed by atoms with van der Waals surface area (Å²) < 4.78 is 4.06. The highest BCUT2D eigenvalue weighted by atomic mass is 32.2. The maximum Gasteiger partial charge on any atom is 0.332 e. The van der Waals surface area contributed by atoms with Gasteiger partial charge in [0.1, 0.15) is 17.2 Å². The van der Waals surface area contributed by atoms with Gasteiger partial charge >= 0.3 is 5.69 Å². The molecule has 2 N–H and O–H groups in total. The highest BCUT2D eigenvalue weighted by Gasteiger charge is 2.23. The van der Waals surface area contributed by atoms with Crippen molar-refractivity contribution in [3.8, 4) is 5.69 Å². The minimum atomic E-state index is -0.690. The molecule has 0 saturated heterocycles. The van der Waals surface area contributed by atoms with Crippen molar-refractivity contribution in [3.63, 3.8) is 0 Å². The Hall–Kier alpha value is -3.14. The summed E-state index contributed by atoms with van der Waals surface area (Å²) in [6, 6.07) is 7.86. The summed E-state index contributed by atoms with van der Waals surface area (Å²) in [5, 5.41) is 8.83. The molecule has 0 bridgehead atoms. The van der Waals surface area contributed by atoms with Crippen molar-refractivity contribution in [2.24, 2.45) is 13.0 Å². The van der Waals surface area contributed by atoms with Crippen LogP contribution in [0.2, 0.25) is 0 Å². The fourth-order valence-corrected chi connectivity index (χ4v) is 4.16. The fraction of sp³-hybridized carbons (Fsp3) is 0.381. The van der Waals surface area contributed by atoms with E-state index in [9.17, 15) is 14.4 Å². The summed E-state index contributed by atoms with van der Waals surface area (Å²) in [5.74, 6) is 0.177. The van der Waals surface area contributed by atoms with Crippen molar-refractivity contribution in [1.82, 2.24) is 23.9 Å². The van der Waals surface area contributed by atoms with Gasteiger partial charge in [-0.1, -0.05) is 37.7 Å². The second-order valence-corrected chi connectivity index (χ2v) is 8.77. The number of nitrogens with two attached hydrogens (primary N) is 1. The number of aromatic nitrogens is 5. The number of aryl methyl sites for hydroxylation is 2. The van der Waals surface area contributed by atoms with Crippen molar-refractivity contribution in [2.75, 3.05) is 11.5 Å². The lowest BCUT2D eigenvalue weighted by Crippen LogP contribution is -2.43. The molecule has 0 aliphatic carbocycles. The Bertz CT molecular complexity index is 1250. The van der Waals surface area contributed by atoms with Gasteiger partial charge in [-0.2, -0.15) is 0 Å². The topological polar surface area (TPSA) is 118 Å². The summed E-state index contributed by atoms with van der Waals surface area (Å²) in [7, 11) is 1.35. The molecule has 0 atom stereocenters. The summed E-state index contributed by atoms with van der Waals surface area (Å²) in [6.45, 7) is 7.98. The van der Waals surface area contributed by atoms with E-state index in [1.54, 1.807) is 0 Å². The lowest BCUT2D eigenvalue weighted by atomic mass is 10.2. The van der Waals surface area contributed by atoms with E-state index in [1.165, 1.54) is 23.4 Å². The lowest BCUT2D eigenvalue weighted by Gasteiger charge is -2.16. The highest BCUT2D eigenvalue weighted by molar-refractivity contribution is 7.99. The smallest absolute Gasteiger partial charge is 0.332 e. The molecule has 10 heteroatoms. The SMILES string of the molecule is Cc1cccc(-n2c(C)nnc2SCC(=O)c2c(N)n(CC(C)C)c(=O)n(C)c2=O)c1. The van der Waals surface area contributed by atoms with E-state index in [2.05, 4.69) is 10.2 Å². The standard InChI is InChI=1S/C21H26N6O3S/c1-12(2)10-26-18(22)17(19(29)25(5)21(26)30)16(28)11-31-20-24-23-14(4)27(20)15-8-6-7-13(3)9-15/h6-9,12H,10-11,22H2,1-5H3. The number of nitrogen functional groups attached to an aromatic ring is 1. The van der Waals surface area contributed by atoms with Crippen LogP contribution in [0.1, 0.15) is 35.6 Å². The Morgan fingerprint density at radius 2 is 1.90 bits per heavy atom. The van der Waals surface area contributed by atoms with E-state index in [1.807, 2.05) is 56.5 Å². The van der Waals surface area contributed by atoms with Crippen LogP contribution in [0.15, 0.2) is 39.0 Å². The number of nitrogens with zero attached hydrogens (tertiary/aromatic N) is 5. The summed E-state index contributed by atoms with van der Waals surface area (Å²) in [5.41, 5.74) is 6.68. The molecule has 0 saturated carbocycles. The molecule has 9 nitrogen and oxygen atoms in total. The second kappa shape index (κ2) is 8.93. The molecule has 2 aromatic heterocycles. The van der Waals surface area contributed by atoms with Gasteiger partial charge in [-0.15, -0.1) is 10.2 Å². The number of anilines is 1. The van der Waals surface area contributed by atoms with Crippen LogP contribution in [0.5, 0.6) is 0 Å². The van der Waals surface area contributed by atoms with Crippen LogP contribution in [-0.4, -0.2) is 35.4 Å². The molecular formula is C21H26N6O3S. The molecule has 0 radical (unpaired) electrons. The van der Waals surface area contributed by atoms with Crippen molar-refractivity contribution in [2.45, 2.75) is 39.4 Å². The number of Topliss-reactive ketones (excluding diaryl/α,β-unsaturated/α-hetero) is 1. The van der Waals surface area contributed by atoms with Crippen LogP contribution in [0, 0.1) is 19.8 Å². The van der Waals surface area contributed by atoms with Crippen LogP contribution in [-0.2, 0) is 13.6 Å². The molecule has 3 aromatic rings. The van der Waals surface area contributed by atoms with Crippen LogP contribution in [0.3, 0.4) is 0 Å². The number of hydrogen-bond acceptors (Lipinski definition) is 7. The van der Waals surface area contributed by atoms with E-state index in [0.717, 1.165) is 15.8 Å². The first-order chi connectivity index (χ1) is 14.6. The lowest BCUT2D eigenvalue weighted by molar-refractivity contribution is 0.102. The van der Waals surface area contributed by atoms with Crippen LogP contribution in [0.25, 0.3) is 5.69 Å². The van der Waals surface area contributed by atoms with Gasteiger partial charge in [0.2, 0.25) is 0 Å². The normalized spacial score (nSPS) is 11.3. The zero-order valence-electron chi connectivity index (χ0n) is 18.2. The summed E-state index contributed by atoms with van der Waals surface area (Å²) in [6.07, 6.45) is 0. The number of benzene rings is 1. The van der Waals surface area contributed by atoms with Crippen molar-refractivity contribution < 1.29 is 4.79 Å². The number of carbonyl (C=O) groups is 1. The highest BCUT2D eigenvalue weighted by Crippen LogP contribution is 2.23. The van der Waals surface area contributed by atoms with E-state index < -0.39 is 17.0 Å². The Morgan fingerprint density at radius 3 is 2.55 bits per heavy atom. The molecule has 3 rings (SSSR count). The van der Waals surface area contributed by atoms with Gasteiger partial charge in [0.15, 0.2) is 10.9 Å². The minimum Gasteiger partial charge on any atom is -0.384 e. The van der Waals surface area contributed by atoms with Crippen molar-refractivity contribution in [3.05, 3.63) is 62.1 Å². The zero-order chi connectivity index (χ0) is 22.9. The molecule has 0 amide bonds. The number of rotatable bonds is 7. The molecule has 0 aliphatic rings. The Morgan fingerprint density at radius 1 is 1.19 bits per heavy atom. The summed E-state index contributed by atoms with van der Waals surface area (Å²) in [4.78, 5) is 38.1. The molecule has 1 aromatic carbocycles. The molecule has 164 valence electrons. The largest absolute Gasteiger partial charge is 0.384 e. The van der Waals surface area contributed by atoms with E-state index >= 15 is 0 Å². The second-order valence-electron chi connectivity index (χ2n) is 7.83. The van der Waals surface area contributed by atoms with Gasteiger partial charge in [-0.3, -0.25) is 23.3 Å². The van der Waals surface area contributed by atoms with Crippen molar-refractivity contribution in [1.29, 1.82) is 0 Å². The fourth-order valence-electron chi connectivity index (χ4n) is 3.29. The van der Waals surface area contributed by atoms with Gasteiger partial charge in [0.25, 0.3) is 5.56 Å². The molecule has 0 unspecified atom stereocenters. The molecule has 2 heterocycles. The first-order valence-electron chi connectivity index (χ1n) is 9.86. The maximum atomic E-state index is 13.0. The van der Waals surface area contributed by atoms with Gasteiger partial charge < -0.3 is 5.73 Å². The first kappa shape index (κ1) is 22.5. The third-order valence-corrected chi connectivity index (χ3v) is 5.73. The van der Waals surface area contributed by atoms with Crippen LogP contribution < -0.4 is 17.0 Å². The molecule has 31 heavy (non-hydrogen) atoms. The third-order valence-electron chi connectivity index (χ3n) is 4.80. The molecule has 0 aliphatic heterocycles. The minimum absolute atomic E-state index is 0.0662. The number of thioether (sulfide) groups is 1. The Balaban J connectivity index is 1.94. The number of hydrogen-bond donors (Lipinski definition) is 1. The van der Waals surface area contributed by atoms with E-state index in [4.69, 9.17) is 5.73 Å². The average Bonchev–Trinajstić information content (AvgIpc) is 3.08. The quantitative estimate of drug-likeness (QED) is 0.439. The van der Waals surface area contributed by atoms with Crippen LogP contribution in [0.4, 0.5) is 5.82 Å². The van der Waals surface area contributed by atoms with Crippen LogP contribution >= 0.6 is 11.8 Å². The van der Waals surface area contributed by atoms with E-state index in [0.29, 0.717) is 17.5 Å². The summed E-state index contributed by atoms with van der Waals surface area (Å²) >= 11 is 1.17. The van der Waals surface area contributed by atoms with Gasteiger partial charge in [0, 0.05) is 19.3 Å². The average molecular weight is 443 g/mol. The predicted octanol–water partition coefficient (Wildman–Crippen LogP) is 1.96. The van der Waals surface area contributed by atoms with Gasteiger partial charge in [-0.05, 0) is 37.5 Å². The number of carbonyl (C=O) groups excluding carboxylic acids is 1. The van der Waals surface area contributed by atoms with E-state index in [-0.39, 0.29) is 23.1 Å². The Kier molecular flexibility index (Phi) is 6.49. The predicted molar refractivity (Wildman–Crippen MR) is 121 cm³/mol. The molecule has 0 fully saturated rings. The van der Waals surface area contributed by atoms with Gasteiger partial charge in [0.05, 0.1) is 5.75 Å². The monoisotopic (exact) mass is 442 g/mol. The van der Waals surface area contributed by atoms with Crippen molar-refractivity contribution >= 4 is 23.4 Å². The number of ketones is 1.